The van der Waals surface area contributed by atoms with Crippen molar-refractivity contribution >= 4 is 25.5 Å². The third-order valence-electron chi connectivity index (χ3n) is 2.68. The van der Waals surface area contributed by atoms with Gasteiger partial charge in [-0.15, -0.1) is 0 Å². The number of nitrogens with two attached hydrogens (primary N) is 1. The minimum Gasteiger partial charge on any atom is -0.497 e. The van der Waals surface area contributed by atoms with Crippen LogP contribution in [0.2, 0.25) is 0 Å². The van der Waals surface area contributed by atoms with Gasteiger partial charge in [0, 0.05) is 25.9 Å². The van der Waals surface area contributed by atoms with Crippen molar-refractivity contribution in [1.82, 2.24) is 4.31 Å². The lowest BCUT2D eigenvalue weighted by Gasteiger charge is -2.18. The van der Waals surface area contributed by atoms with Crippen LogP contribution in [-0.2, 0) is 19.9 Å². The molecule has 1 rings (SSSR count). The van der Waals surface area contributed by atoms with Crippen LogP contribution in [0.4, 0.5) is 5.69 Å². The summed E-state index contributed by atoms with van der Waals surface area (Å²) in [5.41, 5.74) is 5.75. The number of methoxy groups -OCH3 is 1. The third-order valence-corrected chi connectivity index (χ3v) is 5.54. The molecule has 0 atom stereocenters. The van der Waals surface area contributed by atoms with Gasteiger partial charge in [-0.1, -0.05) is 0 Å². The Morgan fingerprint density at radius 1 is 1.25 bits per heavy atom. The number of sulfonamides is 1. The van der Waals surface area contributed by atoms with Crippen LogP contribution in [0.15, 0.2) is 23.1 Å². The number of rotatable bonds is 6. The molecule has 0 saturated carbocycles. The first kappa shape index (κ1) is 16.7. The number of ether oxygens (including phenoxy) is 1. The smallest absolute Gasteiger partial charge is 0.244 e. The second kappa shape index (κ2) is 5.98. The Morgan fingerprint density at radius 2 is 1.85 bits per heavy atom. The second-order valence-electron chi connectivity index (χ2n) is 4.36. The van der Waals surface area contributed by atoms with Crippen LogP contribution in [0.1, 0.15) is 0 Å². The van der Waals surface area contributed by atoms with E-state index in [9.17, 15) is 16.8 Å². The van der Waals surface area contributed by atoms with E-state index in [1.54, 1.807) is 0 Å². The van der Waals surface area contributed by atoms with Crippen LogP contribution < -0.4 is 10.5 Å². The average Bonchev–Trinajstić information content (AvgIpc) is 2.34. The van der Waals surface area contributed by atoms with Crippen molar-refractivity contribution < 1.29 is 21.6 Å². The normalized spacial score (nSPS) is 12.6. The largest absolute Gasteiger partial charge is 0.497 e. The summed E-state index contributed by atoms with van der Waals surface area (Å²) in [4.78, 5) is -0.0747. The van der Waals surface area contributed by atoms with Gasteiger partial charge in [-0.25, -0.2) is 16.8 Å². The summed E-state index contributed by atoms with van der Waals surface area (Å²) in [5.74, 6) is 0.193. The van der Waals surface area contributed by atoms with Crippen molar-refractivity contribution in [2.45, 2.75) is 4.90 Å². The Hall–Kier alpha value is -1.32. The van der Waals surface area contributed by atoms with Crippen molar-refractivity contribution in [3.05, 3.63) is 18.2 Å². The lowest BCUT2D eigenvalue weighted by Crippen LogP contribution is -2.32. The molecule has 0 unspecified atom stereocenters. The molecule has 0 radical (unpaired) electrons. The molecule has 0 amide bonds. The zero-order valence-electron chi connectivity index (χ0n) is 11.5. The standard InChI is InChI=1S/C11H18N2O5S2/c1-13(6-7-19(3,14)15)20(16,17)11-5-4-9(18-2)8-10(11)12/h4-5,8H,6-7,12H2,1-3H3. The molecule has 0 spiro atoms. The molecule has 0 saturated heterocycles. The van der Waals surface area contributed by atoms with Gasteiger partial charge in [0.15, 0.2) is 0 Å². The fourth-order valence-corrected chi connectivity index (χ4v) is 3.46. The van der Waals surface area contributed by atoms with Crippen LogP contribution in [0.25, 0.3) is 0 Å². The van der Waals surface area contributed by atoms with E-state index in [4.69, 9.17) is 10.5 Å². The van der Waals surface area contributed by atoms with Gasteiger partial charge in [0.2, 0.25) is 10.0 Å². The Balaban J connectivity index is 3.04. The van der Waals surface area contributed by atoms with Crippen LogP contribution in [-0.4, -0.2) is 53.9 Å². The summed E-state index contributed by atoms with van der Waals surface area (Å²) in [6, 6.07) is 4.21. The maximum Gasteiger partial charge on any atom is 0.244 e. The molecule has 0 aliphatic carbocycles. The van der Waals surface area contributed by atoms with E-state index in [2.05, 4.69) is 0 Å². The van der Waals surface area contributed by atoms with Gasteiger partial charge in [0.1, 0.15) is 20.5 Å². The van der Waals surface area contributed by atoms with E-state index < -0.39 is 19.9 Å². The molecule has 20 heavy (non-hydrogen) atoms. The molecule has 0 aromatic heterocycles. The Labute approximate surface area is 119 Å². The summed E-state index contributed by atoms with van der Waals surface area (Å²) in [5, 5.41) is 0. The lowest BCUT2D eigenvalue weighted by molar-refractivity contribution is 0.414. The maximum absolute atomic E-state index is 12.3. The van der Waals surface area contributed by atoms with Crippen LogP contribution in [0, 0.1) is 0 Å². The SMILES string of the molecule is COc1ccc(S(=O)(=O)N(C)CCS(C)(=O)=O)c(N)c1. The fraction of sp³-hybridized carbons (Fsp3) is 0.455. The summed E-state index contributed by atoms with van der Waals surface area (Å²) in [6.07, 6.45) is 1.05. The monoisotopic (exact) mass is 322 g/mol. The summed E-state index contributed by atoms with van der Waals surface area (Å²) in [6.45, 7) is -0.132. The topological polar surface area (TPSA) is 107 Å². The van der Waals surface area contributed by atoms with Crippen molar-refractivity contribution in [2.24, 2.45) is 0 Å². The van der Waals surface area contributed by atoms with E-state index in [0.717, 1.165) is 10.6 Å². The average molecular weight is 322 g/mol. The minimum absolute atomic E-state index is 0.0514. The highest BCUT2D eigenvalue weighted by Gasteiger charge is 2.24. The lowest BCUT2D eigenvalue weighted by atomic mass is 10.3. The molecular weight excluding hydrogens is 304 g/mol. The predicted octanol–water partition coefficient (Wildman–Crippen LogP) is -0.0575. The number of hydrogen-bond donors (Lipinski definition) is 1. The first-order chi connectivity index (χ1) is 9.08. The third kappa shape index (κ3) is 4.09. The van der Waals surface area contributed by atoms with E-state index in [-0.39, 0.29) is 22.9 Å². The molecule has 2 N–H and O–H groups in total. The molecule has 0 heterocycles. The van der Waals surface area contributed by atoms with Crippen LogP contribution in [0.5, 0.6) is 5.75 Å². The Morgan fingerprint density at radius 3 is 2.30 bits per heavy atom. The summed E-state index contributed by atoms with van der Waals surface area (Å²) < 4.78 is 52.6. The first-order valence-corrected chi connectivity index (χ1v) is 9.15. The molecule has 0 aliphatic heterocycles. The summed E-state index contributed by atoms with van der Waals surface area (Å²) in [7, 11) is -4.31. The van der Waals surface area contributed by atoms with Gasteiger partial charge in [-0.3, -0.25) is 0 Å². The van der Waals surface area contributed by atoms with Gasteiger partial charge in [-0.05, 0) is 12.1 Å². The highest BCUT2D eigenvalue weighted by molar-refractivity contribution is 7.91. The maximum atomic E-state index is 12.3. The van der Waals surface area contributed by atoms with Crippen molar-refractivity contribution in [2.75, 3.05) is 38.4 Å². The quantitative estimate of drug-likeness (QED) is 0.736. The Bertz CT molecular complexity index is 683. The van der Waals surface area contributed by atoms with Gasteiger partial charge < -0.3 is 10.5 Å². The highest BCUT2D eigenvalue weighted by Crippen LogP contribution is 2.25. The van der Waals surface area contributed by atoms with Crippen molar-refractivity contribution in [1.29, 1.82) is 0 Å². The van der Waals surface area contributed by atoms with Crippen molar-refractivity contribution in [3.8, 4) is 5.75 Å². The molecule has 1 aromatic rings. The van der Waals surface area contributed by atoms with Gasteiger partial charge >= 0.3 is 0 Å². The molecular formula is C11H18N2O5S2. The molecule has 114 valence electrons. The summed E-state index contributed by atoms with van der Waals surface area (Å²) >= 11 is 0. The highest BCUT2D eigenvalue weighted by atomic mass is 32.2. The fourth-order valence-electron chi connectivity index (χ4n) is 1.47. The van der Waals surface area contributed by atoms with E-state index >= 15 is 0 Å². The molecule has 1 aromatic carbocycles. The van der Waals surface area contributed by atoms with Crippen molar-refractivity contribution in [3.63, 3.8) is 0 Å². The van der Waals surface area contributed by atoms with Crippen LogP contribution in [0.3, 0.4) is 0 Å². The number of nitrogen functional groups attached to an aromatic ring is 1. The van der Waals surface area contributed by atoms with Crippen LogP contribution >= 0.6 is 0 Å². The number of nitrogens with zero attached hydrogens (tertiary/aromatic N) is 1. The second-order valence-corrected chi connectivity index (χ2v) is 8.63. The van der Waals surface area contributed by atoms with E-state index in [1.165, 1.54) is 32.4 Å². The van der Waals surface area contributed by atoms with E-state index in [1.807, 2.05) is 0 Å². The van der Waals surface area contributed by atoms with Gasteiger partial charge in [0.25, 0.3) is 0 Å². The predicted molar refractivity (Wildman–Crippen MR) is 76.9 cm³/mol. The Kier molecular flexibility index (Phi) is 5.00. The number of hydrogen-bond acceptors (Lipinski definition) is 6. The molecule has 0 bridgehead atoms. The van der Waals surface area contributed by atoms with Gasteiger partial charge in [0.05, 0.1) is 18.6 Å². The number of anilines is 1. The molecule has 7 nitrogen and oxygen atoms in total. The number of benzene rings is 1. The minimum atomic E-state index is -3.83. The number of sulfone groups is 1. The first-order valence-electron chi connectivity index (χ1n) is 5.65. The molecule has 9 heteroatoms. The van der Waals surface area contributed by atoms with E-state index in [0.29, 0.717) is 5.75 Å². The van der Waals surface area contributed by atoms with Gasteiger partial charge in [-0.2, -0.15) is 4.31 Å². The molecule has 0 aliphatic rings. The zero-order valence-corrected chi connectivity index (χ0v) is 13.2. The zero-order chi connectivity index (χ0) is 15.6. The molecule has 0 fully saturated rings.